The van der Waals surface area contributed by atoms with Gasteiger partial charge in [0.2, 0.25) is 0 Å². The van der Waals surface area contributed by atoms with Gasteiger partial charge in [-0.25, -0.2) is 0 Å². The topological polar surface area (TPSA) is 65.2 Å². The standard InChI is InChI=1S/C21H24F3N3O2/c1-4-27(12-14(2)3)13-17-8-9-18(20(29)26-17)19(28)25-11-15-6-5-7-16(10-15)21(22,23)24/h5-10H,2,4,11-13H2,1,3H3,(H,25,28)(H,26,29). The normalized spacial score (nSPS) is 11.5. The van der Waals surface area contributed by atoms with Crippen LogP contribution in [-0.4, -0.2) is 28.9 Å². The van der Waals surface area contributed by atoms with Gasteiger partial charge in [-0.1, -0.05) is 31.2 Å². The van der Waals surface area contributed by atoms with E-state index >= 15 is 0 Å². The van der Waals surface area contributed by atoms with Gasteiger partial charge in [-0.15, -0.1) is 0 Å². The number of likely N-dealkylation sites (N-methyl/N-ethyl adjacent to an activating group) is 1. The maximum Gasteiger partial charge on any atom is 0.416 e. The van der Waals surface area contributed by atoms with E-state index in [2.05, 4.69) is 21.8 Å². The Morgan fingerprint density at radius 2 is 1.97 bits per heavy atom. The van der Waals surface area contributed by atoms with Crippen molar-refractivity contribution in [2.75, 3.05) is 13.1 Å². The smallest absolute Gasteiger partial charge is 0.348 e. The van der Waals surface area contributed by atoms with E-state index in [1.54, 1.807) is 6.07 Å². The molecule has 2 aromatic rings. The van der Waals surface area contributed by atoms with Crippen LogP contribution in [0, 0.1) is 0 Å². The van der Waals surface area contributed by atoms with Gasteiger partial charge in [0.15, 0.2) is 0 Å². The predicted octanol–water partition coefficient (Wildman–Crippen LogP) is 3.72. The molecule has 1 heterocycles. The van der Waals surface area contributed by atoms with Crippen LogP contribution in [-0.2, 0) is 19.3 Å². The van der Waals surface area contributed by atoms with Crippen LogP contribution in [0.1, 0.15) is 41.0 Å². The molecular formula is C21H24F3N3O2. The average molecular weight is 407 g/mol. The van der Waals surface area contributed by atoms with Crippen LogP contribution >= 0.6 is 0 Å². The van der Waals surface area contributed by atoms with Gasteiger partial charge in [0.25, 0.3) is 11.5 Å². The largest absolute Gasteiger partial charge is 0.416 e. The van der Waals surface area contributed by atoms with E-state index in [1.807, 2.05) is 13.8 Å². The van der Waals surface area contributed by atoms with Crippen LogP contribution in [0.3, 0.4) is 0 Å². The first-order valence-corrected chi connectivity index (χ1v) is 9.13. The monoisotopic (exact) mass is 407 g/mol. The lowest BCUT2D eigenvalue weighted by molar-refractivity contribution is -0.137. The fourth-order valence-corrected chi connectivity index (χ4v) is 2.82. The summed E-state index contributed by atoms with van der Waals surface area (Å²) in [5.41, 5.74) is 0.521. The summed E-state index contributed by atoms with van der Waals surface area (Å²) in [4.78, 5) is 29.3. The van der Waals surface area contributed by atoms with Gasteiger partial charge >= 0.3 is 6.18 Å². The van der Waals surface area contributed by atoms with E-state index in [9.17, 15) is 22.8 Å². The summed E-state index contributed by atoms with van der Waals surface area (Å²) in [7, 11) is 0. The number of halogens is 3. The Morgan fingerprint density at radius 1 is 1.24 bits per heavy atom. The highest BCUT2D eigenvalue weighted by atomic mass is 19.4. The number of rotatable bonds is 8. The molecule has 0 aliphatic rings. The van der Waals surface area contributed by atoms with Gasteiger partial charge in [0.1, 0.15) is 5.56 Å². The quantitative estimate of drug-likeness (QED) is 0.656. The van der Waals surface area contributed by atoms with E-state index in [0.29, 0.717) is 24.3 Å². The Labute approximate surface area is 167 Å². The highest BCUT2D eigenvalue weighted by molar-refractivity contribution is 5.93. The minimum Gasteiger partial charge on any atom is -0.348 e. The van der Waals surface area contributed by atoms with Crippen molar-refractivity contribution in [1.29, 1.82) is 0 Å². The van der Waals surface area contributed by atoms with Crippen molar-refractivity contribution in [3.05, 3.63) is 81.3 Å². The number of hydrogen-bond acceptors (Lipinski definition) is 3. The fourth-order valence-electron chi connectivity index (χ4n) is 2.82. The van der Waals surface area contributed by atoms with Gasteiger partial charge in [0.05, 0.1) is 5.56 Å². The Hall–Kier alpha value is -2.87. The Bertz CT molecular complexity index is 935. The van der Waals surface area contributed by atoms with Gasteiger partial charge in [-0.05, 0) is 43.3 Å². The summed E-state index contributed by atoms with van der Waals surface area (Å²) < 4.78 is 38.3. The highest BCUT2D eigenvalue weighted by Gasteiger charge is 2.30. The number of benzene rings is 1. The molecule has 0 unspecified atom stereocenters. The lowest BCUT2D eigenvalue weighted by Crippen LogP contribution is -2.31. The fraction of sp³-hybridized carbons (Fsp3) is 0.333. The second kappa shape index (κ2) is 9.56. The minimum absolute atomic E-state index is 0.0938. The number of H-pyrrole nitrogens is 1. The molecule has 0 saturated carbocycles. The van der Waals surface area contributed by atoms with Crippen molar-refractivity contribution < 1.29 is 18.0 Å². The number of pyridine rings is 1. The molecule has 0 radical (unpaired) electrons. The molecular weight excluding hydrogens is 383 g/mol. The van der Waals surface area contributed by atoms with E-state index in [4.69, 9.17) is 0 Å². The molecule has 0 saturated heterocycles. The molecule has 0 fully saturated rings. The molecule has 8 heteroatoms. The third kappa shape index (κ3) is 6.60. The zero-order valence-electron chi connectivity index (χ0n) is 16.4. The highest BCUT2D eigenvalue weighted by Crippen LogP contribution is 2.29. The number of amides is 1. The first kappa shape index (κ1) is 22.4. The summed E-state index contributed by atoms with van der Waals surface area (Å²) in [6.45, 7) is 9.64. The Morgan fingerprint density at radius 3 is 2.55 bits per heavy atom. The van der Waals surface area contributed by atoms with Crippen molar-refractivity contribution in [3.63, 3.8) is 0 Å². The van der Waals surface area contributed by atoms with Gasteiger partial charge in [-0.2, -0.15) is 13.2 Å². The summed E-state index contributed by atoms with van der Waals surface area (Å²) in [6, 6.07) is 7.75. The van der Waals surface area contributed by atoms with Crippen molar-refractivity contribution in [1.82, 2.24) is 15.2 Å². The first-order valence-electron chi connectivity index (χ1n) is 9.13. The van der Waals surface area contributed by atoms with E-state index < -0.39 is 23.2 Å². The molecule has 0 bridgehead atoms. The van der Waals surface area contributed by atoms with Crippen molar-refractivity contribution >= 4 is 5.91 Å². The van der Waals surface area contributed by atoms with Crippen molar-refractivity contribution in [2.45, 2.75) is 33.1 Å². The van der Waals surface area contributed by atoms with Crippen LogP contribution in [0.2, 0.25) is 0 Å². The number of aromatic nitrogens is 1. The molecule has 0 aliphatic heterocycles. The van der Waals surface area contributed by atoms with Gasteiger partial charge < -0.3 is 10.3 Å². The number of aromatic amines is 1. The van der Waals surface area contributed by atoms with Gasteiger partial charge in [-0.3, -0.25) is 14.5 Å². The second-order valence-corrected chi connectivity index (χ2v) is 6.87. The number of nitrogens with zero attached hydrogens (tertiary/aromatic N) is 1. The predicted molar refractivity (Wildman–Crippen MR) is 105 cm³/mol. The molecule has 156 valence electrons. The number of alkyl halides is 3. The molecule has 0 spiro atoms. The molecule has 2 rings (SSSR count). The molecule has 0 aliphatic carbocycles. The van der Waals surface area contributed by atoms with Gasteiger partial charge in [0, 0.05) is 25.3 Å². The van der Waals surface area contributed by atoms with Crippen LogP contribution in [0.5, 0.6) is 0 Å². The second-order valence-electron chi connectivity index (χ2n) is 6.87. The number of carbonyl (C=O) groups excluding carboxylic acids is 1. The maximum absolute atomic E-state index is 12.8. The summed E-state index contributed by atoms with van der Waals surface area (Å²) >= 11 is 0. The maximum atomic E-state index is 12.8. The number of nitrogens with one attached hydrogen (secondary N) is 2. The summed E-state index contributed by atoms with van der Waals surface area (Å²) in [6.07, 6.45) is -4.45. The zero-order valence-corrected chi connectivity index (χ0v) is 16.4. The molecule has 1 amide bonds. The third-order valence-electron chi connectivity index (χ3n) is 4.26. The number of hydrogen-bond donors (Lipinski definition) is 2. The minimum atomic E-state index is -4.45. The molecule has 29 heavy (non-hydrogen) atoms. The van der Waals surface area contributed by atoms with Crippen LogP contribution in [0.4, 0.5) is 13.2 Å². The van der Waals surface area contributed by atoms with E-state index in [1.165, 1.54) is 18.2 Å². The van der Waals surface area contributed by atoms with Crippen LogP contribution in [0.25, 0.3) is 0 Å². The van der Waals surface area contributed by atoms with Crippen LogP contribution < -0.4 is 10.9 Å². The molecule has 0 atom stereocenters. The summed E-state index contributed by atoms with van der Waals surface area (Å²) in [5, 5.41) is 2.48. The lowest BCUT2D eigenvalue weighted by atomic mass is 10.1. The summed E-state index contributed by atoms with van der Waals surface area (Å²) in [5.74, 6) is -0.649. The van der Waals surface area contributed by atoms with Crippen LogP contribution in [0.15, 0.2) is 53.3 Å². The third-order valence-corrected chi connectivity index (χ3v) is 4.26. The lowest BCUT2D eigenvalue weighted by Gasteiger charge is -2.20. The Kier molecular flexibility index (Phi) is 7.39. The molecule has 1 aromatic carbocycles. The van der Waals surface area contributed by atoms with Crippen molar-refractivity contribution in [3.8, 4) is 0 Å². The first-order chi connectivity index (χ1) is 13.6. The van der Waals surface area contributed by atoms with E-state index in [-0.39, 0.29) is 12.1 Å². The average Bonchev–Trinajstić information content (AvgIpc) is 2.65. The number of carbonyl (C=O) groups is 1. The Balaban J connectivity index is 2.05. The molecule has 2 N–H and O–H groups in total. The molecule has 5 nitrogen and oxygen atoms in total. The van der Waals surface area contributed by atoms with E-state index in [0.717, 1.165) is 24.3 Å². The zero-order chi connectivity index (χ0) is 21.6. The van der Waals surface area contributed by atoms with Crippen molar-refractivity contribution in [2.24, 2.45) is 0 Å². The molecule has 1 aromatic heterocycles. The SMILES string of the molecule is C=C(C)CN(CC)Cc1ccc(C(=O)NCc2cccc(C(F)(F)F)c2)c(=O)[nH]1.